The SMILES string of the molecule is CNC(=O)COc1cc2cc(Nc3nc(N4CCC(CN5CC6(CCN(c7cc8c(c(OC)c7)C(=O)N(C7CCC(=O)NC7=O)C8)CC6)C5)CC4)ncc3Cl)ccc2n(C(C)C)c1=O. The lowest BCUT2D eigenvalue weighted by molar-refractivity contribution is -0.137. The lowest BCUT2D eigenvalue weighted by Gasteiger charge is -2.55. The number of rotatable bonds is 12. The van der Waals surface area contributed by atoms with Crippen LogP contribution in [0.3, 0.4) is 0 Å². The van der Waals surface area contributed by atoms with E-state index in [4.69, 9.17) is 26.1 Å². The number of fused-ring (bicyclic) bond motifs is 2. The Labute approximate surface area is 376 Å². The summed E-state index contributed by atoms with van der Waals surface area (Å²) in [5.41, 5.74) is 3.88. The highest BCUT2D eigenvalue weighted by Crippen LogP contribution is 2.44. The van der Waals surface area contributed by atoms with Gasteiger partial charge in [0.2, 0.25) is 17.8 Å². The summed E-state index contributed by atoms with van der Waals surface area (Å²) < 4.78 is 13.0. The minimum Gasteiger partial charge on any atom is -0.496 e. The molecular weight excluding hydrogens is 840 g/mol. The molecular formula is C46H55ClN10O7. The van der Waals surface area contributed by atoms with Crippen LogP contribution in [0.2, 0.25) is 5.02 Å². The molecule has 7 heterocycles. The fourth-order valence-electron chi connectivity index (χ4n) is 10.2. The Morgan fingerprint density at radius 1 is 0.984 bits per heavy atom. The van der Waals surface area contributed by atoms with Crippen LogP contribution in [-0.2, 0) is 20.9 Å². The number of nitrogens with one attached hydrogen (secondary N) is 3. The molecule has 0 radical (unpaired) electrons. The number of benzene rings is 2. The normalized spacial score (nSPS) is 20.1. The van der Waals surface area contributed by atoms with Gasteiger partial charge in [-0.1, -0.05) is 11.6 Å². The van der Waals surface area contributed by atoms with Crippen molar-refractivity contribution in [3.63, 3.8) is 0 Å². The van der Waals surface area contributed by atoms with Crippen LogP contribution >= 0.6 is 11.6 Å². The van der Waals surface area contributed by atoms with E-state index in [1.165, 1.54) is 7.05 Å². The number of likely N-dealkylation sites (N-methyl/N-ethyl adjacent to an activating group) is 1. The van der Waals surface area contributed by atoms with Crippen molar-refractivity contribution in [2.45, 2.75) is 71.0 Å². The van der Waals surface area contributed by atoms with E-state index in [1.54, 1.807) is 28.8 Å². The summed E-state index contributed by atoms with van der Waals surface area (Å²) in [6.45, 7) is 10.8. The van der Waals surface area contributed by atoms with Crippen LogP contribution in [0.5, 0.6) is 11.5 Å². The average Bonchev–Trinajstić information content (AvgIpc) is 3.61. The van der Waals surface area contributed by atoms with Gasteiger partial charge in [0.15, 0.2) is 18.2 Å². The van der Waals surface area contributed by atoms with Crippen molar-refractivity contribution in [1.82, 2.24) is 35.0 Å². The molecule has 1 atom stereocenters. The van der Waals surface area contributed by atoms with Gasteiger partial charge >= 0.3 is 0 Å². The zero-order valence-corrected chi connectivity index (χ0v) is 37.5. The summed E-state index contributed by atoms with van der Waals surface area (Å²) in [4.78, 5) is 81.2. The molecule has 0 aliphatic carbocycles. The number of methoxy groups -OCH3 is 1. The van der Waals surface area contributed by atoms with Crippen molar-refractivity contribution in [3.8, 4) is 11.5 Å². The largest absolute Gasteiger partial charge is 0.496 e. The number of carbonyl (C=O) groups excluding carboxylic acids is 4. The molecule has 0 saturated carbocycles. The van der Waals surface area contributed by atoms with E-state index in [1.807, 2.05) is 38.1 Å². The molecule has 1 spiro atoms. The maximum Gasteiger partial charge on any atom is 0.293 e. The van der Waals surface area contributed by atoms with Gasteiger partial charge in [-0.15, -0.1) is 0 Å². The van der Waals surface area contributed by atoms with Gasteiger partial charge in [-0.3, -0.25) is 29.3 Å². The number of carbonyl (C=O) groups is 4. The van der Waals surface area contributed by atoms with Crippen molar-refractivity contribution >= 4 is 69.3 Å². The number of hydrogen-bond donors (Lipinski definition) is 3. The van der Waals surface area contributed by atoms with Gasteiger partial charge in [0.1, 0.15) is 16.8 Å². The Hall–Kier alpha value is -5.94. The third-order valence-corrected chi connectivity index (χ3v) is 13.9. The van der Waals surface area contributed by atoms with Gasteiger partial charge in [0.05, 0.1) is 24.4 Å². The lowest BCUT2D eigenvalue weighted by atomic mass is 9.71. The Balaban J connectivity index is 0.770. The van der Waals surface area contributed by atoms with E-state index < -0.39 is 11.9 Å². The van der Waals surface area contributed by atoms with Crippen LogP contribution in [0.4, 0.5) is 23.1 Å². The number of imide groups is 1. The van der Waals surface area contributed by atoms with Gasteiger partial charge in [-0.2, -0.15) is 4.98 Å². The summed E-state index contributed by atoms with van der Waals surface area (Å²) in [5, 5.41) is 9.39. The second kappa shape index (κ2) is 17.6. The van der Waals surface area contributed by atoms with Gasteiger partial charge < -0.3 is 44.3 Å². The molecule has 4 fully saturated rings. The fraction of sp³-hybridized carbons (Fsp3) is 0.500. The number of amides is 4. The van der Waals surface area contributed by atoms with Crippen molar-refractivity contribution in [2.75, 3.05) is 81.7 Å². The molecule has 4 amide bonds. The molecule has 1 unspecified atom stereocenters. The smallest absolute Gasteiger partial charge is 0.293 e. The maximum atomic E-state index is 13.5. The number of likely N-dealkylation sites (tertiary alicyclic amines) is 1. The zero-order chi connectivity index (χ0) is 44.9. The number of nitrogens with zero attached hydrogens (tertiary/aromatic N) is 7. The molecule has 4 aromatic rings. The monoisotopic (exact) mass is 894 g/mol. The molecule has 4 saturated heterocycles. The van der Waals surface area contributed by atoms with Crippen LogP contribution in [0, 0.1) is 11.3 Å². The summed E-state index contributed by atoms with van der Waals surface area (Å²) in [7, 11) is 3.09. The molecule has 64 heavy (non-hydrogen) atoms. The van der Waals surface area contributed by atoms with Gasteiger partial charge in [-0.25, -0.2) is 4.98 Å². The molecule has 338 valence electrons. The average molecular weight is 895 g/mol. The van der Waals surface area contributed by atoms with E-state index in [0.29, 0.717) is 52.4 Å². The Morgan fingerprint density at radius 2 is 1.75 bits per heavy atom. The molecule has 9 rings (SSSR count). The number of hydrogen-bond acceptors (Lipinski definition) is 13. The van der Waals surface area contributed by atoms with E-state index in [-0.39, 0.29) is 48.1 Å². The first-order valence-electron chi connectivity index (χ1n) is 22.2. The van der Waals surface area contributed by atoms with Crippen LogP contribution < -0.4 is 40.8 Å². The summed E-state index contributed by atoms with van der Waals surface area (Å²) in [5.74, 6) is 1.05. The second-order valence-electron chi connectivity index (χ2n) is 18.2. The number of piperidine rings is 3. The number of anilines is 4. The first-order chi connectivity index (χ1) is 30.8. The first-order valence-corrected chi connectivity index (χ1v) is 22.6. The number of pyridine rings is 1. The quantitative estimate of drug-likeness (QED) is 0.170. The minimum absolute atomic E-state index is 0.0980. The fourth-order valence-corrected chi connectivity index (χ4v) is 10.4. The van der Waals surface area contributed by atoms with Crippen LogP contribution in [0.1, 0.15) is 74.3 Å². The highest BCUT2D eigenvalue weighted by molar-refractivity contribution is 6.33. The van der Waals surface area contributed by atoms with Gasteiger partial charge in [-0.05, 0) is 93.2 Å². The van der Waals surface area contributed by atoms with Gasteiger partial charge in [0, 0.05) is 94.7 Å². The Kier molecular flexibility index (Phi) is 11.9. The molecule has 0 bridgehead atoms. The lowest BCUT2D eigenvalue weighted by Crippen LogP contribution is -2.61. The third-order valence-electron chi connectivity index (χ3n) is 13.7. The third kappa shape index (κ3) is 8.42. The molecule has 5 aliphatic heterocycles. The molecule has 3 N–H and O–H groups in total. The Bertz CT molecular complexity index is 2560. The van der Waals surface area contributed by atoms with Crippen LogP contribution in [-0.4, -0.2) is 121 Å². The minimum atomic E-state index is -0.663. The Morgan fingerprint density at radius 3 is 2.45 bits per heavy atom. The zero-order valence-electron chi connectivity index (χ0n) is 36.7. The highest BCUT2D eigenvalue weighted by atomic mass is 35.5. The first kappa shape index (κ1) is 43.3. The number of aromatic nitrogens is 3. The molecule has 18 heteroatoms. The van der Waals surface area contributed by atoms with Crippen molar-refractivity contribution in [3.05, 3.63) is 69.1 Å². The molecule has 17 nitrogen and oxygen atoms in total. The van der Waals surface area contributed by atoms with E-state index >= 15 is 0 Å². The number of ether oxygens (including phenoxy) is 2. The maximum absolute atomic E-state index is 13.5. The summed E-state index contributed by atoms with van der Waals surface area (Å²) in [6.07, 6.45) is 6.46. The van der Waals surface area contributed by atoms with Crippen molar-refractivity contribution in [1.29, 1.82) is 0 Å². The predicted octanol–water partition coefficient (Wildman–Crippen LogP) is 4.48. The standard InChI is InChI=1S/C46H55ClN10O7/c1-27(2)57-34-6-5-31(17-29(34)19-37(43(57)61)64-24-39(59)48-3)50-41-33(47)21-49-45(52-41)55-13-9-28(10-14-55)22-53-25-46(26-53)11-15-54(16-12-46)32-18-30-23-56(35-7-8-38(58)51-42(35)60)44(62)40(30)36(20-32)63-4/h5-6,17-21,27-28,35H,7-16,22-26H2,1-4H3,(H,48,59)(H,49,50,52)(H,51,58,60). The van der Waals surface area contributed by atoms with Crippen molar-refractivity contribution in [2.24, 2.45) is 11.3 Å². The van der Waals surface area contributed by atoms with Crippen molar-refractivity contribution < 1.29 is 28.7 Å². The van der Waals surface area contributed by atoms with E-state index in [2.05, 4.69) is 41.7 Å². The van der Waals surface area contributed by atoms with Gasteiger partial charge in [0.25, 0.3) is 17.4 Å². The molecule has 2 aromatic heterocycles. The molecule has 5 aliphatic rings. The number of halogens is 1. The summed E-state index contributed by atoms with van der Waals surface area (Å²) in [6, 6.07) is 10.6. The van der Waals surface area contributed by atoms with Crippen LogP contribution in [0.15, 0.2) is 47.4 Å². The molecule has 2 aromatic carbocycles. The summed E-state index contributed by atoms with van der Waals surface area (Å²) >= 11 is 6.62. The topological polar surface area (TPSA) is 184 Å². The van der Waals surface area contributed by atoms with Crippen LogP contribution in [0.25, 0.3) is 10.9 Å². The highest BCUT2D eigenvalue weighted by Gasteiger charge is 2.46. The van der Waals surface area contributed by atoms with E-state index in [9.17, 15) is 24.0 Å². The predicted molar refractivity (Wildman–Crippen MR) is 243 cm³/mol. The second-order valence-corrected chi connectivity index (χ2v) is 18.6. The van der Waals surface area contributed by atoms with E-state index in [0.717, 1.165) is 99.3 Å².